The van der Waals surface area contributed by atoms with Crippen LogP contribution >= 0.6 is 23.2 Å². The van der Waals surface area contributed by atoms with Gasteiger partial charge in [-0.3, -0.25) is 0 Å². The number of pyridine rings is 1. The van der Waals surface area contributed by atoms with Crippen LogP contribution in [0.15, 0.2) is 18.5 Å². The van der Waals surface area contributed by atoms with Crippen LogP contribution in [0.25, 0.3) is 5.65 Å². The smallest absolute Gasteiger partial charge is 0.155 e. The summed E-state index contributed by atoms with van der Waals surface area (Å²) >= 11 is 12.1. The zero-order chi connectivity index (χ0) is 11.1. The third-order valence-electron chi connectivity index (χ3n) is 3.27. The van der Waals surface area contributed by atoms with E-state index in [1.54, 1.807) is 6.07 Å². The first kappa shape index (κ1) is 10.4. The number of halogens is 2. The second-order valence-electron chi connectivity index (χ2n) is 4.38. The third-order valence-corrected chi connectivity index (χ3v) is 3.75. The molecule has 0 saturated heterocycles. The lowest BCUT2D eigenvalue weighted by Gasteiger charge is -2.02. The molecule has 3 rings (SSSR count). The van der Waals surface area contributed by atoms with Gasteiger partial charge in [-0.2, -0.15) is 0 Å². The van der Waals surface area contributed by atoms with Crippen molar-refractivity contribution in [1.82, 2.24) is 9.38 Å². The molecule has 1 saturated carbocycles. The molecule has 2 heterocycles. The van der Waals surface area contributed by atoms with Gasteiger partial charge in [0, 0.05) is 18.3 Å². The Hall–Kier alpha value is -0.730. The molecule has 0 atom stereocenters. The SMILES string of the molecule is Clc1cc(Cl)c2nc(C3CCCC3)cn2c1. The second-order valence-corrected chi connectivity index (χ2v) is 5.23. The normalized spacial score (nSPS) is 17.4. The zero-order valence-corrected chi connectivity index (χ0v) is 10.3. The maximum atomic E-state index is 6.11. The lowest BCUT2D eigenvalue weighted by molar-refractivity contribution is 0.703. The monoisotopic (exact) mass is 254 g/mol. The van der Waals surface area contributed by atoms with E-state index in [0.29, 0.717) is 16.0 Å². The van der Waals surface area contributed by atoms with Gasteiger partial charge in [-0.05, 0) is 18.9 Å². The fourth-order valence-electron chi connectivity index (χ4n) is 2.46. The summed E-state index contributed by atoms with van der Waals surface area (Å²) in [5.74, 6) is 0.606. The Morgan fingerprint density at radius 2 is 1.94 bits per heavy atom. The molecular weight excluding hydrogens is 243 g/mol. The molecule has 0 unspecified atom stereocenters. The highest BCUT2D eigenvalue weighted by Gasteiger charge is 2.20. The number of hydrogen-bond donors (Lipinski definition) is 0. The van der Waals surface area contributed by atoms with Gasteiger partial charge in [-0.1, -0.05) is 36.0 Å². The minimum absolute atomic E-state index is 0.606. The summed E-state index contributed by atoms with van der Waals surface area (Å²) < 4.78 is 1.93. The van der Waals surface area contributed by atoms with E-state index in [-0.39, 0.29) is 0 Å². The standard InChI is InChI=1S/C12H12Cl2N2/c13-9-5-10(14)12-15-11(7-16(12)6-9)8-3-1-2-4-8/h5-8H,1-4H2. The summed E-state index contributed by atoms with van der Waals surface area (Å²) in [6, 6.07) is 1.74. The van der Waals surface area contributed by atoms with E-state index in [2.05, 4.69) is 11.2 Å². The summed E-state index contributed by atoms with van der Waals surface area (Å²) in [6.07, 6.45) is 9.03. The predicted molar refractivity (Wildman–Crippen MR) is 66.4 cm³/mol. The van der Waals surface area contributed by atoms with E-state index in [4.69, 9.17) is 23.2 Å². The molecular formula is C12H12Cl2N2. The van der Waals surface area contributed by atoms with Crippen molar-refractivity contribution in [1.29, 1.82) is 0 Å². The van der Waals surface area contributed by atoms with Crippen molar-refractivity contribution in [2.45, 2.75) is 31.6 Å². The van der Waals surface area contributed by atoms with Crippen molar-refractivity contribution in [2.75, 3.05) is 0 Å². The molecule has 0 aliphatic heterocycles. The average molecular weight is 255 g/mol. The Labute approximate surface area is 104 Å². The lowest BCUT2D eigenvalue weighted by atomic mass is 10.1. The van der Waals surface area contributed by atoms with Crippen molar-refractivity contribution < 1.29 is 0 Å². The van der Waals surface area contributed by atoms with Crippen LogP contribution in [0.5, 0.6) is 0 Å². The van der Waals surface area contributed by atoms with E-state index in [1.165, 1.54) is 25.7 Å². The molecule has 0 spiro atoms. The van der Waals surface area contributed by atoms with Crippen molar-refractivity contribution in [3.05, 3.63) is 34.2 Å². The quantitative estimate of drug-likeness (QED) is 0.742. The molecule has 0 bridgehead atoms. The van der Waals surface area contributed by atoms with Gasteiger partial charge < -0.3 is 4.40 Å². The van der Waals surface area contributed by atoms with Gasteiger partial charge in [-0.15, -0.1) is 0 Å². The van der Waals surface area contributed by atoms with Crippen LogP contribution in [0, 0.1) is 0 Å². The van der Waals surface area contributed by atoms with E-state index in [0.717, 1.165) is 11.3 Å². The molecule has 2 aromatic rings. The first-order valence-corrected chi connectivity index (χ1v) is 6.33. The largest absolute Gasteiger partial charge is 0.304 e. The molecule has 0 radical (unpaired) electrons. The van der Waals surface area contributed by atoms with Gasteiger partial charge in [0.05, 0.1) is 15.7 Å². The molecule has 0 N–H and O–H groups in total. The van der Waals surface area contributed by atoms with E-state index in [1.807, 2.05) is 10.6 Å². The Balaban J connectivity index is 2.11. The van der Waals surface area contributed by atoms with Gasteiger partial charge in [-0.25, -0.2) is 4.98 Å². The van der Waals surface area contributed by atoms with E-state index >= 15 is 0 Å². The van der Waals surface area contributed by atoms with Crippen LogP contribution in [0.2, 0.25) is 10.0 Å². The van der Waals surface area contributed by atoms with E-state index < -0.39 is 0 Å². The number of imidazole rings is 1. The lowest BCUT2D eigenvalue weighted by Crippen LogP contribution is -1.91. The van der Waals surface area contributed by atoms with Gasteiger partial charge >= 0.3 is 0 Å². The second kappa shape index (κ2) is 3.94. The highest BCUT2D eigenvalue weighted by Crippen LogP contribution is 2.34. The number of fused-ring (bicyclic) bond motifs is 1. The molecule has 1 aliphatic rings. The van der Waals surface area contributed by atoms with Crippen molar-refractivity contribution in [2.24, 2.45) is 0 Å². The Bertz CT molecular complexity index is 527. The molecule has 1 fully saturated rings. The molecule has 1 aliphatic carbocycles. The fourth-order valence-corrected chi connectivity index (χ4v) is 2.99. The number of aromatic nitrogens is 2. The molecule has 2 aromatic heterocycles. The summed E-state index contributed by atoms with van der Waals surface area (Å²) in [4.78, 5) is 4.61. The molecule has 0 amide bonds. The first-order chi connectivity index (χ1) is 7.74. The van der Waals surface area contributed by atoms with Gasteiger partial charge in [0.1, 0.15) is 0 Å². The van der Waals surface area contributed by atoms with Crippen LogP contribution < -0.4 is 0 Å². The van der Waals surface area contributed by atoms with Crippen LogP contribution in [-0.2, 0) is 0 Å². The summed E-state index contributed by atoms with van der Waals surface area (Å²) in [6.45, 7) is 0. The minimum Gasteiger partial charge on any atom is -0.304 e. The predicted octanol–water partition coefficient (Wildman–Crippen LogP) is 4.30. The van der Waals surface area contributed by atoms with Crippen molar-refractivity contribution >= 4 is 28.8 Å². The van der Waals surface area contributed by atoms with Crippen LogP contribution in [0.1, 0.15) is 37.3 Å². The molecule has 4 heteroatoms. The molecule has 0 aromatic carbocycles. The summed E-state index contributed by atoms with van der Waals surface area (Å²) in [5, 5.41) is 1.27. The first-order valence-electron chi connectivity index (χ1n) is 5.58. The van der Waals surface area contributed by atoms with Crippen LogP contribution in [0.4, 0.5) is 0 Å². The third kappa shape index (κ3) is 1.70. The minimum atomic E-state index is 0.606. The maximum Gasteiger partial charge on any atom is 0.155 e. The van der Waals surface area contributed by atoms with Gasteiger partial charge in [0.25, 0.3) is 0 Å². The van der Waals surface area contributed by atoms with Crippen molar-refractivity contribution in [3.63, 3.8) is 0 Å². The highest BCUT2D eigenvalue weighted by atomic mass is 35.5. The molecule has 84 valence electrons. The Kier molecular flexibility index (Phi) is 2.56. The average Bonchev–Trinajstić information content (AvgIpc) is 2.82. The topological polar surface area (TPSA) is 17.3 Å². The maximum absolute atomic E-state index is 6.11. The Morgan fingerprint density at radius 1 is 1.19 bits per heavy atom. The van der Waals surface area contributed by atoms with Crippen molar-refractivity contribution in [3.8, 4) is 0 Å². The number of rotatable bonds is 1. The van der Waals surface area contributed by atoms with Crippen LogP contribution in [-0.4, -0.2) is 9.38 Å². The van der Waals surface area contributed by atoms with Gasteiger partial charge in [0.15, 0.2) is 5.65 Å². The number of nitrogens with zero attached hydrogens (tertiary/aromatic N) is 2. The number of hydrogen-bond acceptors (Lipinski definition) is 1. The molecule has 16 heavy (non-hydrogen) atoms. The van der Waals surface area contributed by atoms with E-state index in [9.17, 15) is 0 Å². The summed E-state index contributed by atoms with van der Waals surface area (Å²) in [7, 11) is 0. The van der Waals surface area contributed by atoms with Crippen LogP contribution in [0.3, 0.4) is 0 Å². The zero-order valence-electron chi connectivity index (χ0n) is 8.79. The highest BCUT2D eigenvalue weighted by molar-refractivity contribution is 6.36. The summed E-state index contributed by atoms with van der Waals surface area (Å²) in [5.41, 5.74) is 1.97. The van der Waals surface area contributed by atoms with Gasteiger partial charge in [0.2, 0.25) is 0 Å². The molecule has 2 nitrogen and oxygen atoms in total. The Morgan fingerprint density at radius 3 is 2.69 bits per heavy atom. The fraction of sp³-hybridized carbons (Fsp3) is 0.417.